The van der Waals surface area contributed by atoms with Crippen LogP contribution >= 0.6 is 11.8 Å². The Morgan fingerprint density at radius 1 is 1.40 bits per heavy atom. The predicted molar refractivity (Wildman–Crippen MR) is 65.2 cm³/mol. The van der Waals surface area contributed by atoms with E-state index in [2.05, 4.69) is 43.0 Å². The molecule has 0 aliphatic rings. The van der Waals surface area contributed by atoms with Crippen LogP contribution in [-0.4, -0.2) is 23.4 Å². The zero-order valence-corrected chi connectivity index (χ0v) is 10.9. The van der Waals surface area contributed by atoms with E-state index in [4.69, 9.17) is 0 Å². The number of nitrogens with one attached hydrogen (secondary N) is 1. The number of thioether (sulfide) groups is 1. The fourth-order valence-corrected chi connectivity index (χ4v) is 1.92. The molecule has 0 bridgehead atoms. The molecule has 0 radical (unpaired) electrons. The first-order valence-electron chi connectivity index (χ1n) is 5.08. The topological polar surface area (TPSA) is 50.7 Å². The highest BCUT2D eigenvalue weighted by Crippen LogP contribution is 2.18. The molecule has 0 aromatic heterocycles. The third-order valence-electron chi connectivity index (χ3n) is 1.39. The molecule has 88 valence electrons. The first kappa shape index (κ1) is 14.3. The van der Waals surface area contributed by atoms with Crippen LogP contribution in [0.3, 0.4) is 0 Å². The van der Waals surface area contributed by atoms with Crippen LogP contribution in [0.2, 0.25) is 0 Å². The van der Waals surface area contributed by atoms with E-state index in [1.54, 1.807) is 11.8 Å². The predicted octanol–water partition coefficient (Wildman–Crippen LogP) is 2.84. The molecule has 0 rings (SSSR count). The van der Waals surface area contributed by atoms with Gasteiger partial charge < -0.3 is 5.32 Å². The number of oxime groups is 1. The Morgan fingerprint density at radius 3 is 2.40 bits per heavy atom. The Kier molecular flexibility index (Phi) is 7.21. The van der Waals surface area contributed by atoms with Crippen LogP contribution in [0, 0.1) is 5.92 Å². The van der Waals surface area contributed by atoms with Gasteiger partial charge in [0.25, 0.3) is 0 Å². The maximum atomic E-state index is 10.8. The van der Waals surface area contributed by atoms with Gasteiger partial charge in [0.2, 0.25) is 0 Å². The summed E-state index contributed by atoms with van der Waals surface area (Å²) in [5.74, 6) is 0.503. The monoisotopic (exact) mass is 232 g/mol. The van der Waals surface area contributed by atoms with Crippen molar-refractivity contribution in [2.75, 3.05) is 7.05 Å². The molecule has 0 spiro atoms. The maximum Gasteiger partial charge on any atom is 0.433 e. The van der Waals surface area contributed by atoms with Crippen molar-refractivity contribution >= 4 is 22.9 Å². The molecule has 1 amide bonds. The van der Waals surface area contributed by atoms with E-state index >= 15 is 0 Å². The summed E-state index contributed by atoms with van der Waals surface area (Å²) in [6.07, 6.45) is 0.306. The van der Waals surface area contributed by atoms with Crippen molar-refractivity contribution < 1.29 is 9.63 Å². The maximum absolute atomic E-state index is 10.8. The molecule has 0 aromatic carbocycles. The van der Waals surface area contributed by atoms with Crippen LogP contribution in [0.1, 0.15) is 34.1 Å². The quantitative estimate of drug-likeness (QED) is 0.351. The van der Waals surface area contributed by atoms with Crippen LogP contribution in [0.15, 0.2) is 5.16 Å². The third-order valence-corrected chi connectivity index (χ3v) is 2.37. The minimum Gasteiger partial charge on any atom is -0.323 e. The molecule has 0 unspecified atom stereocenters. The van der Waals surface area contributed by atoms with Crippen LogP contribution in [-0.2, 0) is 4.84 Å². The summed E-state index contributed by atoms with van der Waals surface area (Å²) in [5.41, 5.74) is 0. The molecular weight excluding hydrogens is 212 g/mol. The largest absolute Gasteiger partial charge is 0.433 e. The number of carbonyl (C=O) groups is 1. The third kappa shape index (κ3) is 8.30. The Hall–Kier alpha value is -0.710. The second kappa shape index (κ2) is 7.56. The molecule has 0 fully saturated rings. The van der Waals surface area contributed by atoms with Crippen molar-refractivity contribution in [1.82, 2.24) is 5.32 Å². The zero-order chi connectivity index (χ0) is 11.8. The highest BCUT2D eigenvalue weighted by atomic mass is 32.2. The molecular formula is C10H20N2O2S. The average Bonchev–Trinajstić information content (AvgIpc) is 2.11. The molecule has 0 heterocycles. The Balaban J connectivity index is 4.26. The summed E-state index contributed by atoms with van der Waals surface area (Å²) >= 11 is 1.63. The second-order valence-electron chi connectivity index (χ2n) is 3.88. The number of hydrogen-bond acceptors (Lipinski definition) is 4. The van der Waals surface area contributed by atoms with Gasteiger partial charge in [0.05, 0.1) is 0 Å². The molecule has 0 aliphatic heterocycles. The van der Waals surface area contributed by atoms with Crippen molar-refractivity contribution in [2.45, 2.75) is 39.4 Å². The SMILES string of the molecule is CNC(=O)ON=C(CC(C)C)SC(C)C. The summed E-state index contributed by atoms with van der Waals surface area (Å²) in [7, 11) is 1.51. The molecule has 0 atom stereocenters. The summed E-state index contributed by atoms with van der Waals surface area (Å²) in [6, 6.07) is 0. The van der Waals surface area contributed by atoms with Crippen molar-refractivity contribution in [1.29, 1.82) is 0 Å². The van der Waals surface area contributed by atoms with Crippen molar-refractivity contribution in [3.05, 3.63) is 0 Å². The summed E-state index contributed by atoms with van der Waals surface area (Å²) < 4.78 is 0. The van der Waals surface area contributed by atoms with Gasteiger partial charge in [-0.2, -0.15) is 0 Å². The first-order chi connectivity index (χ1) is 6.95. The Bertz CT molecular complexity index is 215. The number of nitrogens with zero attached hydrogens (tertiary/aromatic N) is 1. The lowest BCUT2D eigenvalue weighted by Gasteiger charge is -2.09. The van der Waals surface area contributed by atoms with Crippen molar-refractivity contribution in [3.63, 3.8) is 0 Å². The van der Waals surface area contributed by atoms with Crippen molar-refractivity contribution in [3.8, 4) is 0 Å². The molecule has 4 nitrogen and oxygen atoms in total. The summed E-state index contributed by atoms with van der Waals surface area (Å²) in [4.78, 5) is 15.5. The van der Waals surface area contributed by atoms with Crippen LogP contribution in [0.4, 0.5) is 4.79 Å². The van der Waals surface area contributed by atoms with E-state index in [1.807, 2.05) is 0 Å². The summed E-state index contributed by atoms with van der Waals surface area (Å²) in [6.45, 7) is 8.38. The molecule has 1 N–H and O–H groups in total. The fraction of sp³-hybridized carbons (Fsp3) is 0.800. The highest BCUT2D eigenvalue weighted by molar-refractivity contribution is 8.14. The Labute approximate surface area is 95.8 Å². The highest BCUT2D eigenvalue weighted by Gasteiger charge is 2.08. The van der Waals surface area contributed by atoms with Gasteiger partial charge in [0.1, 0.15) is 5.04 Å². The van der Waals surface area contributed by atoms with E-state index in [-0.39, 0.29) is 0 Å². The van der Waals surface area contributed by atoms with Gasteiger partial charge in [-0.15, -0.1) is 11.8 Å². The number of rotatable bonds is 4. The zero-order valence-electron chi connectivity index (χ0n) is 10.0. The number of hydrogen-bond donors (Lipinski definition) is 1. The van der Waals surface area contributed by atoms with Gasteiger partial charge >= 0.3 is 6.09 Å². The minimum atomic E-state index is -0.527. The van der Waals surface area contributed by atoms with Gasteiger partial charge in [0.15, 0.2) is 0 Å². The molecule has 0 saturated heterocycles. The van der Waals surface area contributed by atoms with Crippen LogP contribution in [0.25, 0.3) is 0 Å². The smallest absolute Gasteiger partial charge is 0.323 e. The average molecular weight is 232 g/mol. The molecule has 0 aromatic rings. The lowest BCUT2D eigenvalue weighted by molar-refractivity contribution is 0.153. The fourth-order valence-electron chi connectivity index (χ4n) is 0.866. The molecule has 0 saturated carbocycles. The molecule has 0 aliphatic carbocycles. The van der Waals surface area contributed by atoms with Crippen LogP contribution in [0.5, 0.6) is 0 Å². The minimum absolute atomic E-state index is 0.441. The normalized spacial score (nSPS) is 12.1. The Morgan fingerprint density at radius 2 is 2.00 bits per heavy atom. The van der Waals surface area contributed by atoms with Crippen molar-refractivity contribution in [2.24, 2.45) is 11.1 Å². The number of amides is 1. The first-order valence-corrected chi connectivity index (χ1v) is 5.96. The van der Waals surface area contributed by atoms with E-state index in [9.17, 15) is 4.79 Å². The van der Waals surface area contributed by atoms with Gasteiger partial charge in [0, 0.05) is 18.7 Å². The summed E-state index contributed by atoms with van der Waals surface area (Å²) in [5, 5.41) is 7.50. The molecule has 5 heteroatoms. The van der Waals surface area contributed by atoms with E-state index in [1.165, 1.54) is 7.05 Å². The standard InChI is InChI=1S/C10H20N2O2S/c1-7(2)6-9(15-8(3)4)12-14-10(13)11-5/h7-8H,6H2,1-5H3,(H,11,13). The van der Waals surface area contributed by atoms with E-state index in [0.717, 1.165) is 11.5 Å². The van der Waals surface area contributed by atoms with Gasteiger partial charge in [-0.3, -0.25) is 4.84 Å². The lowest BCUT2D eigenvalue weighted by atomic mass is 10.1. The van der Waals surface area contributed by atoms with Gasteiger partial charge in [-0.25, -0.2) is 4.79 Å². The lowest BCUT2D eigenvalue weighted by Crippen LogP contribution is -2.17. The van der Waals surface area contributed by atoms with Crippen LogP contribution < -0.4 is 5.32 Å². The second-order valence-corrected chi connectivity index (χ2v) is 5.53. The molecule has 15 heavy (non-hydrogen) atoms. The van der Waals surface area contributed by atoms with E-state index < -0.39 is 6.09 Å². The van der Waals surface area contributed by atoms with E-state index in [0.29, 0.717) is 11.2 Å². The number of carbonyl (C=O) groups excluding carboxylic acids is 1. The van der Waals surface area contributed by atoms with Gasteiger partial charge in [-0.05, 0) is 5.92 Å². The van der Waals surface area contributed by atoms with Gasteiger partial charge in [-0.1, -0.05) is 32.9 Å².